The molecule has 0 aliphatic heterocycles. The molecule has 0 rings (SSSR count). The van der Waals surface area contributed by atoms with Gasteiger partial charge in [0.25, 0.3) is 0 Å². The van der Waals surface area contributed by atoms with Crippen molar-refractivity contribution in [2.45, 2.75) is 32.6 Å². The van der Waals surface area contributed by atoms with Gasteiger partial charge in [0.05, 0.1) is 0 Å². The Morgan fingerprint density at radius 1 is 1.60 bits per heavy atom. The van der Waals surface area contributed by atoms with E-state index in [9.17, 15) is 0 Å². The summed E-state index contributed by atoms with van der Waals surface area (Å²) in [5.41, 5.74) is 0. The number of unbranched alkanes of at least 4 members (excludes halogenated alkanes) is 1. The van der Waals surface area contributed by atoms with E-state index in [1.54, 1.807) is 0 Å². The monoisotopic (exact) mass is 204 g/mol. The molecule has 0 heterocycles. The molecular formula is C9H17Br. The van der Waals surface area contributed by atoms with Crippen LogP contribution >= 0.6 is 15.9 Å². The number of allylic oxidation sites excluding steroid dienone is 1. The van der Waals surface area contributed by atoms with E-state index in [0.717, 1.165) is 17.7 Å². The summed E-state index contributed by atoms with van der Waals surface area (Å²) < 4.78 is 0. The second-order valence-electron chi connectivity index (χ2n) is 2.69. The van der Waals surface area contributed by atoms with Crippen LogP contribution in [0.2, 0.25) is 0 Å². The molecule has 0 spiro atoms. The molecule has 1 heteroatoms. The van der Waals surface area contributed by atoms with Crippen LogP contribution < -0.4 is 0 Å². The number of rotatable bonds is 6. The standard InChI is InChI=1S/C9H17Br/c1-3-5-7-9(8-10)6-4-2/h4,9H,2-3,5-8H2,1H3. The van der Waals surface area contributed by atoms with Crippen molar-refractivity contribution in [3.8, 4) is 0 Å². The fraction of sp³-hybridized carbons (Fsp3) is 0.778. The van der Waals surface area contributed by atoms with Crippen molar-refractivity contribution in [1.82, 2.24) is 0 Å². The molecule has 0 aromatic rings. The van der Waals surface area contributed by atoms with E-state index >= 15 is 0 Å². The lowest BCUT2D eigenvalue weighted by molar-refractivity contribution is 0.523. The van der Waals surface area contributed by atoms with Gasteiger partial charge in [-0.1, -0.05) is 41.8 Å². The summed E-state index contributed by atoms with van der Waals surface area (Å²) in [4.78, 5) is 0. The number of hydrogen-bond donors (Lipinski definition) is 0. The Morgan fingerprint density at radius 3 is 2.70 bits per heavy atom. The lowest BCUT2D eigenvalue weighted by Crippen LogP contribution is -1.99. The minimum Gasteiger partial charge on any atom is -0.103 e. The highest BCUT2D eigenvalue weighted by molar-refractivity contribution is 9.09. The number of halogens is 1. The lowest BCUT2D eigenvalue weighted by atomic mass is 10.0. The third-order valence-corrected chi connectivity index (χ3v) is 2.60. The van der Waals surface area contributed by atoms with Crippen molar-refractivity contribution >= 4 is 15.9 Å². The minimum absolute atomic E-state index is 0.817. The average Bonchev–Trinajstić information content (AvgIpc) is 1.98. The molecule has 0 bridgehead atoms. The van der Waals surface area contributed by atoms with Crippen LogP contribution in [0.3, 0.4) is 0 Å². The highest BCUT2D eigenvalue weighted by Gasteiger charge is 2.02. The minimum atomic E-state index is 0.817. The van der Waals surface area contributed by atoms with Gasteiger partial charge in [0.15, 0.2) is 0 Å². The Kier molecular flexibility index (Phi) is 7.49. The van der Waals surface area contributed by atoms with Gasteiger partial charge in [0.2, 0.25) is 0 Å². The first-order valence-electron chi connectivity index (χ1n) is 4.02. The molecule has 1 unspecified atom stereocenters. The summed E-state index contributed by atoms with van der Waals surface area (Å²) in [6.45, 7) is 5.97. The number of hydrogen-bond acceptors (Lipinski definition) is 0. The molecule has 0 aliphatic rings. The molecule has 0 fully saturated rings. The van der Waals surface area contributed by atoms with Gasteiger partial charge in [0, 0.05) is 5.33 Å². The summed E-state index contributed by atoms with van der Waals surface area (Å²) in [6, 6.07) is 0. The fourth-order valence-electron chi connectivity index (χ4n) is 0.986. The molecule has 0 aliphatic carbocycles. The molecule has 0 nitrogen and oxygen atoms in total. The highest BCUT2D eigenvalue weighted by Crippen LogP contribution is 2.15. The normalized spacial score (nSPS) is 13.0. The van der Waals surface area contributed by atoms with Crippen LogP contribution in [0.1, 0.15) is 32.6 Å². The summed E-state index contributed by atoms with van der Waals surface area (Å²) >= 11 is 3.50. The Bertz CT molecular complexity index is 78.8. The number of alkyl halides is 1. The SMILES string of the molecule is C=CCC(CBr)CCCC. The molecule has 1 atom stereocenters. The van der Waals surface area contributed by atoms with Crippen LogP contribution in [0.25, 0.3) is 0 Å². The maximum atomic E-state index is 3.74. The Labute approximate surface area is 72.8 Å². The van der Waals surface area contributed by atoms with E-state index in [0.29, 0.717) is 0 Å². The van der Waals surface area contributed by atoms with Crippen LogP contribution in [0.5, 0.6) is 0 Å². The van der Waals surface area contributed by atoms with Crippen molar-refractivity contribution < 1.29 is 0 Å². The van der Waals surface area contributed by atoms with E-state index in [4.69, 9.17) is 0 Å². The second kappa shape index (κ2) is 7.33. The molecule has 0 radical (unpaired) electrons. The molecule has 0 saturated carbocycles. The molecule has 0 amide bonds. The summed E-state index contributed by atoms with van der Waals surface area (Å²) in [7, 11) is 0. The van der Waals surface area contributed by atoms with E-state index in [1.807, 2.05) is 6.08 Å². The summed E-state index contributed by atoms with van der Waals surface area (Å²) in [6.07, 6.45) is 7.17. The van der Waals surface area contributed by atoms with Crippen molar-refractivity contribution in [2.75, 3.05) is 5.33 Å². The van der Waals surface area contributed by atoms with Gasteiger partial charge in [-0.15, -0.1) is 6.58 Å². The Hall–Kier alpha value is 0.220. The third kappa shape index (κ3) is 5.04. The summed E-state index contributed by atoms with van der Waals surface area (Å²) in [5.74, 6) is 0.817. The maximum Gasteiger partial charge on any atom is 0.00626 e. The first-order chi connectivity index (χ1) is 4.85. The van der Waals surface area contributed by atoms with Crippen molar-refractivity contribution in [1.29, 1.82) is 0 Å². The lowest BCUT2D eigenvalue weighted by Gasteiger charge is -2.09. The van der Waals surface area contributed by atoms with E-state index < -0.39 is 0 Å². The zero-order chi connectivity index (χ0) is 7.82. The molecule has 0 saturated heterocycles. The van der Waals surface area contributed by atoms with Gasteiger partial charge in [-0.3, -0.25) is 0 Å². The molecule has 0 N–H and O–H groups in total. The van der Waals surface area contributed by atoms with Gasteiger partial charge in [-0.05, 0) is 18.8 Å². The van der Waals surface area contributed by atoms with Crippen LogP contribution in [-0.4, -0.2) is 5.33 Å². The Morgan fingerprint density at radius 2 is 2.30 bits per heavy atom. The van der Waals surface area contributed by atoms with Crippen molar-refractivity contribution in [2.24, 2.45) is 5.92 Å². The molecule has 60 valence electrons. The molecule has 0 aromatic heterocycles. The van der Waals surface area contributed by atoms with Crippen molar-refractivity contribution in [3.05, 3.63) is 12.7 Å². The largest absolute Gasteiger partial charge is 0.103 e. The molecule has 10 heavy (non-hydrogen) atoms. The van der Waals surface area contributed by atoms with E-state index in [2.05, 4.69) is 29.4 Å². The quantitative estimate of drug-likeness (QED) is 0.457. The Balaban J connectivity index is 3.29. The van der Waals surface area contributed by atoms with Gasteiger partial charge < -0.3 is 0 Å². The predicted octanol–water partition coefficient (Wildman–Crippen LogP) is 3.76. The van der Waals surface area contributed by atoms with Gasteiger partial charge >= 0.3 is 0 Å². The van der Waals surface area contributed by atoms with Crippen LogP contribution in [0, 0.1) is 5.92 Å². The maximum absolute atomic E-state index is 3.74. The van der Waals surface area contributed by atoms with E-state index in [1.165, 1.54) is 19.3 Å². The van der Waals surface area contributed by atoms with Gasteiger partial charge in [0.1, 0.15) is 0 Å². The first-order valence-corrected chi connectivity index (χ1v) is 5.14. The first kappa shape index (κ1) is 10.2. The average molecular weight is 205 g/mol. The van der Waals surface area contributed by atoms with Crippen molar-refractivity contribution in [3.63, 3.8) is 0 Å². The predicted molar refractivity (Wildman–Crippen MR) is 51.6 cm³/mol. The molecular weight excluding hydrogens is 188 g/mol. The zero-order valence-corrected chi connectivity index (χ0v) is 8.36. The van der Waals surface area contributed by atoms with Gasteiger partial charge in [-0.2, -0.15) is 0 Å². The topological polar surface area (TPSA) is 0 Å². The second-order valence-corrected chi connectivity index (χ2v) is 3.33. The highest BCUT2D eigenvalue weighted by atomic mass is 79.9. The van der Waals surface area contributed by atoms with Gasteiger partial charge in [-0.25, -0.2) is 0 Å². The van der Waals surface area contributed by atoms with E-state index in [-0.39, 0.29) is 0 Å². The summed E-state index contributed by atoms with van der Waals surface area (Å²) in [5, 5.41) is 1.12. The fourth-order valence-corrected chi connectivity index (χ4v) is 1.57. The zero-order valence-electron chi connectivity index (χ0n) is 6.78. The third-order valence-electron chi connectivity index (χ3n) is 1.68. The smallest absolute Gasteiger partial charge is 0.00626 e. The molecule has 0 aromatic carbocycles. The van der Waals surface area contributed by atoms with Crippen LogP contribution in [0.4, 0.5) is 0 Å². The van der Waals surface area contributed by atoms with Crippen LogP contribution in [-0.2, 0) is 0 Å². The van der Waals surface area contributed by atoms with Crippen LogP contribution in [0.15, 0.2) is 12.7 Å².